The molecule has 0 amide bonds. The van der Waals surface area contributed by atoms with Gasteiger partial charge in [-0.3, -0.25) is 23.4 Å². The highest BCUT2D eigenvalue weighted by Crippen LogP contribution is 2.28. The normalized spacial score (nSPS) is 11.6. The lowest BCUT2D eigenvalue weighted by Gasteiger charge is -2.12. The molecule has 0 fully saturated rings. The first-order valence-corrected chi connectivity index (χ1v) is 11.6. The van der Waals surface area contributed by atoms with Crippen molar-refractivity contribution in [1.82, 2.24) is 18.5 Å². The maximum atomic E-state index is 13.3. The van der Waals surface area contributed by atoms with Crippen molar-refractivity contribution in [2.24, 2.45) is 17.3 Å². The van der Waals surface area contributed by atoms with Gasteiger partial charge in [0.2, 0.25) is 11.6 Å². The third-order valence-electron chi connectivity index (χ3n) is 5.24. The van der Waals surface area contributed by atoms with Crippen molar-refractivity contribution in [2.75, 3.05) is 0 Å². The Morgan fingerprint density at radius 3 is 2.21 bits per heavy atom. The smallest absolute Gasteiger partial charge is 0.299 e. The van der Waals surface area contributed by atoms with E-state index in [1.54, 1.807) is 43.8 Å². The summed E-state index contributed by atoms with van der Waals surface area (Å²) in [5.41, 5.74) is -0.236. The highest BCUT2D eigenvalue weighted by Gasteiger charge is 2.21. The molecule has 3 rings (SSSR count). The van der Waals surface area contributed by atoms with Gasteiger partial charge in [-0.25, -0.2) is 4.68 Å². The van der Waals surface area contributed by atoms with Crippen LogP contribution in [0.1, 0.15) is 32.9 Å². The zero-order chi connectivity index (χ0) is 24.4. The Morgan fingerprint density at radius 1 is 1.00 bits per heavy atom. The number of hydrogen-bond acceptors (Lipinski definition) is 6. The van der Waals surface area contributed by atoms with E-state index in [1.165, 1.54) is 13.8 Å². The summed E-state index contributed by atoms with van der Waals surface area (Å²) in [5.74, 6) is -0.394. The molecule has 0 saturated heterocycles. The lowest BCUT2D eigenvalue weighted by atomic mass is 10.2. The van der Waals surface area contributed by atoms with E-state index in [0.29, 0.717) is 40.9 Å². The largest absolute Gasteiger partial charge is 0.493 e. The van der Waals surface area contributed by atoms with Gasteiger partial charge in [0, 0.05) is 25.2 Å². The predicted octanol–water partition coefficient (Wildman–Crippen LogP) is 5.29. The second-order valence-electron chi connectivity index (χ2n) is 7.23. The first kappa shape index (κ1) is 24.9. The van der Waals surface area contributed by atoms with Crippen LogP contribution in [0.3, 0.4) is 0 Å². The van der Waals surface area contributed by atoms with E-state index in [0.717, 1.165) is 6.42 Å². The highest BCUT2D eigenvalue weighted by molar-refractivity contribution is 7.71. The first-order chi connectivity index (χ1) is 15.7. The molecule has 0 aliphatic heterocycles. The summed E-state index contributed by atoms with van der Waals surface area (Å²) in [5, 5.41) is 19.5. The molecule has 2 aromatic heterocycles. The predicted molar refractivity (Wildman–Crippen MR) is 132 cm³/mol. The van der Waals surface area contributed by atoms with Gasteiger partial charge in [0.25, 0.3) is 11.1 Å². The summed E-state index contributed by atoms with van der Waals surface area (Å²) in [6, 6.07) is 4.82. The number of rotatable bonds is 7. The Balaban J connectivity index is 2.26. The summed E-state index contributed by atoms with van der Waals surface area (Å²) in [6.45, 7) is 6.15. The quantitative estimate of drug-likeness (QED) is 0.344. The van der Waals surface area contributed by atoms with Crippen molar-refractivity contribution in [1.29, 1.82) is 0 Å². The molecule has 0 spiro atoms. The van der Waals surface area contributed by atoms with Gasteiger partial charge in [0.1, 0.15) is 0 Å². The van der Waals surface area contributed by atoms with Crippen molar-refractivity contribution in [2.45, 2.75) is 46.7 Å². The third kappa shape index (κ3) is 4.42. The van der Waals surface area contributed by atoms with Crippen molar-refractivity contribution in [3.63, 3.8) is 0 Å². The standard InChI is InChI=1S/C21H24Cl2N6O3S/c1-5-8-15-16(20(32)29(26(15)4)14-10-9-12(22)11-13(14)23)24-25-17-18(30)27(6-2)21(33)28(7-3)19(17)31/h9-11,30H,5-8H2,1-4H3/b25-24+. The molecule has 3 aromatic rings. The maximum absolute atomic E-state index is 13.3. The van der Waals surface area contributed by atoms with Crippen LogP contribution >= 0.6 is 35.4 Å². The van der Waals surface area contributed by atoms with Crippen molar-refractivity contribution < 1.29 is 5.11 Å². The van der Waals surface area contributed by atoms with Crippen LogP contribution in [0.5, 0.6) is 5.88 Å². The molecule has 0 atom stereocenters. The Bertz CT molecular complexity index is 1420. The molecule has 0 unspecified atom stereocenters. The molecular weight excluding hydrogens is 487 g/mol. The minimum absolute atomic E-state index is 0.0534. The van der Waals surface area contributed by atoms with Crippen molar-refractivity contribution in [3.8, 4) is 11.6 Å². The van der Waals surface area contributed by atoms with Gasteiger partial charge < -0.3 is 5.11 Å². The molecule has 1 aromatic carbocycles. The number of halogens is 2. The number of benzene rings is 1. The average Bonchev–Trinajstić information content (AvgIpc) is 2.99. The van der Waals surface area contributed by atoms with Crippen LogP contribution in [0.25, 0.3) is 5.69 Å². The lowest BCUT2D eigenvalue weighted by Crippen LogP contribution is -2.24. The Kier molecular flexibility index (Phi) is 7.61. The van der Waals surface area contributed by atoms with Gasteiger partial charge in [0.15, 0.2) is 10.5 Å². The van der Waals surface area contributed by atoms with E-state index < -0.39 is 17.0 Å². The molecule has 0 bridgehead atoms. The van der Waals surface area contributed by atoms with Crippen LogP contribution in [-0.4, -0.2) is 23.6 Å². The van der Waals surface area contributed by atoms with Crippen LogP contribution in [0.2, 0.25) is 10.0 Å². The van der Waals surface area contributed by atoms with Crippen molar-refractivity contribution >= 4 is 46.8 Å². The second-order valence-corrected chi connectivity index (χ2v) is 8.44. The number of aromatic nitrogens is 4. The lowest BCUT2D eigenvalue weighted by molar-refractivity contribution is 0.402. The third-order valence-corrected chi connectivity index (χ3v) is 6.22. The van der Waals surface area contributed by atoms with Crippen LogP contribution in [0, 0.1) is 4.77 Å². The Hall–Kier alpha value is -2.69. The molecule has 12 heteroatoms. The van der Waals surface area contributed by atoms with Gasteiger partial charge >= 0.3 is 0 Å². The number of aromatic hydroxyl groups is 1. The zero-order valence-electron chi connectivity index (χ0n) is 18.7. The van der Waals surface area contributed by atoms with E-state index in [-0.39, 0.29) is 16.1 Å². The van der Waals surface area contributed by atoms with E-state index >= 15 is 0 Å². The fourth-order valence-corrected chi connectivity index (χ4v) is 4.52. The number of azo groups is 1. The Labute approximate surface area is 205 Å². The van der Waals surface area contributed by atoms with E-state index in [9.17, 15) is 14.7 Å². The maximum Gasteiger partial charge on any atom is 0.299 e. The molecule has 0 radical (unpaired) electrons. The molecule has 1 N–H and O–H groups in total. The minimum atomic E-state index is -0.581. The SMILES string of the molecule is CCCc1c(/N=N/c2c(O)n(CC)c(=S)n(CC)c2=O)c(=O)n(-c2ccc(Cl)cc2Cl)n1C. The summed E-state index contributed by atoms with van der Waals surface area (Å²) < 4.78 is 5.92. The molecule has 0 aliphatic carbocycles. The van der Waals surface area contributed by atoms with E-state index in [1.807, 2.05) is 6.92 Å². The van der Waals surface area contributed by atoms with E-state index in [2.05, 4.69) is 10.2 Å². The summed E-state index contributed by atoms with van der Waals surface area (Å²) >= 11 is 17.6. The molecule has 33 heavy (non-hydrogen) atoms. The van der Waals surface area contributed by atoms with Gasteiger partial charge in [-0.15, -0.1) is 10.2 Å². The van der Waals surface area contributed by atoms with Crippen LogP contribution in [-0.2, 0) is 26.6 Å². The fourth-order valence-electron chi connectivity index (χ4n) is 3.60. The van der Waals surface area contributed by atoms with Crippen LogP contribution in [0.15, 0.2) is 38.0 Å². The molecule has 0 saturated carbocycles. The van der Waals surface area contributed by atoms with Crippen LogP contribution in [0.4, 0.5) is 11.4 Å². The molecule has 2 heterocycles. The first-order valence-electron chi connectivity index (χ1n) is 10.4. The number of hydrogen-bond donors (Lipinski definition) is 1. The summed E-state index contributed by atoms with van der Waals surface area (Å²) in [6.07, 6.45) is 1.27. The zero-order valence-corrected chi connectivity index (χ0v) is 21.0. The molecule has 176 valence electrons. The monoisotopic (exact) mass is 510 g/mol. The fraction of sp³-hybridized carbons (Fsp3) is 0.381. The van der Waals surface area contributed by atoms with Crippen LogP contribution < -0.4 is 11.1 Å². The van der Waals surface area contributed by atoms with Gasteiger partial charge in [0.05, 0.1) is 16.4 Å². The average molecular weight is 511 g/mol. The van der Waals surface area contributed by atoms with Gasteiger partial charge in [-0.1, -0.05) is 36.5 Å². The summed E-state index contributed by atoms with van der Waals surface area (Å²) in [7, 11) is 1.72. The minimum Gasteiger partial charge on any atom is -0.493 e. The summed E-state index contributed by atoms with van der Waals surface area (Å²) in [4.78, 5) is 26.2. The number of nitrogens with zero attached hydrogens (tertiary/aromatic N) is 6. The van der Waals surface area contributed by atoms with E-state index in [4.69, 9.17) is 35.4 Å². The van der Waals surface area contributed by atoms with Gasteiger partial charge in [-0.05, 0) is 50.7 Å². The molecule has 0 aliphatic rings. The highest BCUT2D eigenvalue weighted by atomic mass is 35.5. The second kappa shape index (κ2) is 10.1. The van der Waals surface area contributed by atoms with Crippen molar-refractivity contribution in [3.05, 3.63) is 59.4 Å². The van der Waals surface area contributed by atoms with Gasteiger partial charge in [-0.2, -0.15) is 0 Å². The molecular formula is C21H24Cl2N6O3S. The molecule has 9 nitrogen and oxygen atoms in total. The Morgan fingerprint density at radius 2 is 1.64 bits per heavy atom. The topological polar surface area (TPSA) is 98.8 Å².